The maximum absolute atomic E-state index is 13.8. The molecule has 8 heteroatoms. The number of ether oxygens (including phenoxy) is 1. The van der Waals surface area contributed by atoms with Crippen LogP contribution >= 0.6 is 0 Å². The van der Waals surface area contributed by atoms with Crippen molar-refractivity contribution >= 4 is 5.91 Å². The fraction of sp³-hybridized carbons (Fsp3) is 0.438. The van der Waals surface area contributed by atoms with Crippen LogP contribution in [0.4, 0.5) is 22.0 Å². The Labute approximate surface area is 135 Å². The molecule has 1 amide bonds. The SMILES string of the molecule is C#CCOc1c(F)cc(C(=O)NC2CCCC2C(F)(F)F)cc1F. The maximum Gasteiger partial charge on any atom is 0.393 e. The number of rotatable bonds is 4. The monoisotopic (exact) mass is 347 g/mol. The van der Waals surface area contributed by atoms with E-state index in [2.05, 4.69) is 10.1 Å². The van der Waals surface area contributed by atoms with Crippen LogP contribution in [0.15, 0.2) is 12.1 Å². The molecule has 0 bridgehead atoms. The Morgan fingerprint density at radius 2 is 1.92 bits per heavy atom. The zero-order chi connectivity index (χ0) is 17.9. The summed E-state index contributed by atoms with van der Waals surface area (Å²) >= 11 is 0. The van der Waals surface area contributed by atoms with E-state index >= 15 is 0 Å². The molecule has 3 nitrogen and oxygen atoms in total. The lowest BCUT2D eigenvalue weighted by Crippen LogP contribution is -2.42. The molecule has 2 rings (SSSR count). The predicted octanol–water partition coefficient (Wildman–Crippen LogP) is 3.44. The molecule has 2 unspecified atom stereocenters. The standard InChI is InChI=1S/C16H14F5NO2/c1-2-6-24-14-11(17)7-9(8-12(14)18)15(23)22-13-5-3-4-10(13)16(19,20)21/h1,7-8,10,13H,3-6H2,(H,22,23). The number of benzene rings is 1. The first-order valence-corrected chi connectivity index (χ1v) is 7.17. The van der Waals surface area contributed by atoms with Gasteiger partial charge in [-0.2, -0.15) is 13.2 Å². The quantitative estimate of drug-likeness (QED) is 0.669. The molecular formula is C16H14F5NO2. The lowest BCUT2D eigenvalue weighted by molar-refractivity contribution is -0.177. The van der Waals surface area contributed by atoms with E-state index < -0.39 is 47.0 Å². The van der Waals surface area contributed by atoms with Crippen molar-refractivity contribution in [3.05, 3.63) is 29.3 Å². The summed E-state index contributed by atoms with van der Waals surface area (Å²) in [5.41, 5.74) is -0.425. The van der Waals surface area contributed by atoms with Crippen molar-refractivity contribution in [2.45, 2.75) is 31.5 Å². The minimum Gasteiger partial charge on any atom is -0.475 e. The number of alkyl halides is 3. The number of carbonyl (C=O) groups excluding carboxylic acids is 1. The molecule has 1 aliphatic rings. The Kier molecular flexibility index (Phi) is 5.32. The van der Waals surface area contributed by atoms with Gasteiger partial charge in [-0.05, 0) is 25.0 Å². The van der Waals surface area contributed by atoms with Crippen molar-refractivity contribution in [3.8, 4) is 18.1 Å². The zero-order valence-corrected chi connectivity index (χ0v) is 12.4. The Balaban J connectivity index is 2.14. The molecular weight excluding hydrogens is 333 g/mol. The van der Waals surface area contributed by atoms with Gasteiger partial charge in [0.1, 0.15) is 6.61 Å². The first-order chi connectivity index (χ1) is 11.2. The van der Waals surface area contributed by atoms with Crippen molar-refractivity contribution < 1.29 is 31.5 Å². The van der Waals surface area contributed by atoms with Crippen molar-refractivity contribution in [2.24, 2.45) is 5.92 Å². The lowest BCUT2D eigenvalue weighted by Gasteiger charge is -2.23. The fourth-order valence-electron chi connectivity index (χ4n) is 2.72. The number of nitrogens with one attached hydrogen (secondary N) is 1. The average molecular weight is 347 g/mol. The van der Waals surface area contributed by atoms with E-state index in [-0.39, 0.29) is 19.4 Å². The Hall–Kier alpha value is -2.30. The molecule has 24 heavy (non-hydrogen) atoms. The van der Waals surface area contributed by atoms with Gasteiger partial charge in [0.25, 0.3) is 5.91 Å². The van der Waals surface area contributed by atoms with E-state index in [9.17, 15) is 26.7 Å². The third kappa shape index (κ3) is 3.96. The molecule has 1 aliphatic carbocycles. The van der Waals surface area contributed by atoms with Gasteiger partial charge in [-0.1, -0.05) is 12.3 Å². The maximum atomic E-state index is 13.8. The van der Waals surface area contributed by atoms with Gasteiger partial charge < -0.3 is 10.1 Å². The molecule has 1 aromatic rings. The molecule has 0 heterocycles. The van der Waals surface area contributed by atoms with Crippen LogP contribution < -0.4 is 10.1 Å². The summed E-state index contributed by atoms with van der Waals surface area (Å²) < 4.78 is 70.8. The van der Waals surface area contributed by atoms with Gasteiger partial charge in [0.15, 0.2) is 17.4 Å². The minimum atomic E-state index is -4.43. The smallest absolute Gasteiger partial charge is 0.393 e. The van der Waals surface area contributed by atoms with Crippen LogP contribution in [0.25, 0.3) is 0 Å². The van der Waals surface area contributed by atoms with Gasteiger partial charge >= 0.3 is 6.18 Å². The summed E-state index contributed by atoms with van der Waals surface area (Å²) in [6, 6.07) is 0.282. The van der Waals surface area contributed by atoms with Crippen LogP contribution in [0.3, 0.4) is 0 Å². The first kappa shape index (κ1) is 18.0. The number of hydrogen-bond donors (Lipinski definition) is 1. The molecule has 1 aromatic carbocycles. The number of hydrogen-bond acceptors (Lipinski definition) is 2. The van der Waals surface area contributed by atoms with Crippen LogP contribution in [0.5, 0.6) is 5.75 Å². The topological polar surface area (TPSA) is 38.3 Å². The first-order valence-electron chi connectivity index (χ1n) is 7.17. The van der Waals surface area contributed by atoms with Gasteiger partial charge in [-0.3, -0.25) is 4.79 Å². The third-order valence-electron chi connectivity index (χ3n) is 3.81. The molecule has 1 saturated carbocycles. The van der Waals surface area contributed by atoms with Gasteiger partial charge in [0.05, 0.1) is 5.92 Å². The Morgan fingerprint density at radius 3 is 2.46 bits per heavy atom. The largest absolute Gasteiger partial charge is 0.475 e. The van der Waals surface area contributed by atoms with Crippen molar-refractivity contribution in [3.63, 3.8) is 0 Å². The van der Waals surface area contributed by atoms with E-state index in [4.69, 9.17) is 6.42 Å². The second-order valence-electron chi connectivity index (χ2n) is 5.42. The predicted molar refractivity (Wildman–Crippen MR) is 75.3 cm³/mol. The summed E-state index contributed by atoms with van der Waals surface area (Å²) in [4.78, 5) is 12.0. The fourth-order valence-corrected chi connectivity index (χ4v) is 2.72. The number of terminal acetylenes is 1. The highest BCUT2D eigenvalue weighted by atomic mass is 19.4. The summed E-state index contributed by atoms with van der Waals surface area (Å²) in [6.07, 6.45) is 0.871. The van der Waals surface area contributed by atoms with Crippen molar-refractivity contribution in [2.75, 3.05) is 6.61 Å². The highest BCUT2D eigenvalue weighted by Gasteiger charge is 2.47. The highest BCUT2D eigenvalue weighted by molar-refractivity contribution is 5.94. The summed E-state index contributed by atoms with van der Waals surface area (Å²) in [6.45, 7) is -0.366. The Morgan fingerprint density at radius 1 is 1.29 bits per heavy atom. The molecule has 0 aliphatic heterocycles. The van der Waals surface area contributed by atoms with E-state index in [0.717, 1.165) is 0 Å². The lowest BCUT2D eigenvalue weighted by atomic mass is 10.0. The van der Waals surface area contributed by atoms with Crippen LogP contribution in [-0.2, 0) is 0 Å². The second kappa shape index (κ2) is 7.07. The van der Waals surface area contributed by atoms with Crippen molar-refractivity contribution in [1.29, 1.82) is 0 Å². The third-order valence-corrected chi connectivity index (χ3v) is 3.81. The highest BCUT2D eigenvalue weighted by Crippen LogP contribution is 2.39. The Bertz CT molecular complexity index is 642. The van der Waals surface area contributed by atoms with E-state index in [1.165, 1.54) is 0 Å². The number of carbonyl (C=O) groups is 1. The van der Waals surface area contributed by atoms with E-state index in [1.807, 2.05) is 5.92 Å². The molecule has 0 radical (unpaired) electrons. The second-order valence-corrected chi connectivity index (χ2v) is 5.42. The number of amides is 1. The van der Waals surface area contributed by atoms with E-state index in [1.54, 1.807) is 0 Å². The molecule has 0 spiro atoms. The molecule has 0 aromatic heterocycles. The molecule has 1 fully saturated rings. The molecule has 1 N–H and O–H groups in total. The molecule has 0 saturated heterocycles. The van der Waals surface area contributed by atoms with Crippen LogP contribution in [0.2, 0.25) is 0 Å². The van der Waals surface area contributed by atoms with Gasteiger partial charge in [-0.15, -0.1) is 6.42 Å². The summed E-state index contributed by atoms with van der Waals surface area (Å²) in [5, 5.41) is 2.20. The summed E-state index contributed by atoms with van der Waals surface area (Å²) in [5.74, 6) is -3.65. The average Bonchev–Trinajstić information content (AvgIpc) is 2.94. The van der Waals surface area contributed by atoms with E-state index in [0.29, 0.717) is 18.6 Å². The van der Waals surface area contributed by atoms with Gasteiger partial charge in [0, 0.05) is 11.6 Å². The zero-order valence-electron chi connectivity index (χ0n) is 12.4. The van der Waals surface area contributed by atoms with Crippen LogP contribution in [0.1, 0.15) is 29.6 Å². The molecule has 2 atom stereocenters. The minimum absolute atomic E-state index is 0.0873. The summed E-state index contributed by atoms with van der Waals surface area (Å²) in [7, 11) is 0. The normalized spacial score (nSPS) is 20.5. The van der Waals surface area contributed by atoms with Gasteiger partial charge in [-0.25, -0.2) is 8.78 Å². The van der Waals surface area contributed by atoms with Gasteiger partial charge in [0.2, 0.25) is 0 Å². The van der Waals surface area contributed by atoms with Crippen molar-refractivity contribution in [1.82, 2.24) is 5.32 Å². The molecule has 130 valence electrons. The van der Waals surface area contributed by atoms with Crippen LogP contribution in [0, 0.1) is 29.9 Å². The van der Waals surface area contributed by atoms with Crippen LogP contribution in [-0.4, -0.2) is 24.7 Å². The number of halogens is 5.